The molecule has 0 bridgehead atoms. The van der Waals surface area contributed by atoms with Gasteiger partial charge in [0, 0.05) is 11.8 Å². The average molecular weight is 221 g/mol. The maximum Gasteiger partial charge on any atom is 0.339 e. The van der Waals surface area contributed by atoms with Gasteiger partial charge in [-0.2, -0.15) is 0 Å². The summed E-state index contributed by atoms with van der Waals surface area (Å²) in [6, 6.07) is 3.82. The molecular formula is C11H11NO4. The van der Waals surface area contributed by atoms with Gasteiger partial charge in [-0.3, -0.25) is 4.79 Å². The molecule has 1 rings (SSSR count). The number of nitrogens with one attached hydrogen (secondary N) is 1. The predicted molar refractivity (Wildman–Crippen MR) is 58.5 cm³/mol. The molecule has 1 aromatic rings. The molecule has 0 aliphatic heterocycles. The molecule has 0 atom stereocenters. The van der Waals surface area contributed by atoms with Gasteiger partial charge in [0.25, 0.3) is 0 Å². The highest BCUT2D eigenvalue weighted by Crippen LogP contribution is 2.21. The van der Waals surface area contributed by atoms with E-state index in [1.165, 1.54) is 24.3 Å². The summed E-state index contributed by atoms with van der Waals surface area (Å²) in [5, 5.41) is 20.5. The molecule has 3 N–H and O–H groups in total. The molecule has 0 aliphatic rings. The van der Waals surface area contributed by atoms with E-state index in [2.05, 4.69) is 5.32 Å². The maximum atomic E-state index is 11.1. The Morgan fingerprint density at radius 3 is 2.56 bits per heavy atom. The first-order valence-corrected chi connectivity index (χ1v) is 4.54. The summed E-state index contributed by atoms with van der Waals surface area (Å²) in [7, 11) is 0. The normalized spacial score (nSPS) is 10.3. The number of hydrogen-bond donors (Lipinski definition) is 3. The molecule has 5 heteroatoms. The quantitative estimate of drug-likeness (QED) is 0.676. The number of carboxylic acid groups (broad SMARTS) is 1. The van der Waals surface area contributed by atoms with Crippen LogP contribution in [0.4, 0.5) is 5.69 Å². The van der Waals surface area contributed by atoms with Crippen LogP contribution in [-0.2, 0) is 4.79 Å². The average Bonchev–Trinajstić information content (AvgIpc) is 2.17. The number of carboxylic acids is 1. The second-order valence-corrected chi connectivity index (χ2v) is 3.03. The van der Waals surface area contributed by atoms with Crippen molar-refractivity contribution in [3.63, 3.8) is 0 Å². The fraction of sp³-hybridized carbons (Fsp3) is 0.0909. The Kier molecular flexibility index (Phi) is 3.66. The Hall–Kier alpha value is -2.30. The van der Waals surface area contributed by atoms with Gasteiger partial charge in [0.05, 0.1) is 0 Å². The van der Waals surface area contributed by atoms with Gasteiger partial charge < -0.3 is 15.5 Å². The standard InChI is InChI=1S/C11H11NO4/c1-2-3-10(14)12-7-4-5-8(11(15)16)9(13)6-7/h2-6,13H,1H3,(H,12,14)(H,15,16). The molecule has 0 saturated heterocycles. The Labute approximate surface area is 92.0 Å². The van der Waals surface area contributed by atoms with Gasteiger partial charge in [-0.15, -0.1) is 0 Å². The lowest BCUT2D eigenvalue weighted by Crippen LogP contribution is -2.08. The molecule has 84 valence electrons. The highest BCUT2D eigenvalue weighted by atomic mass is 16.4. The molecule has 5 nitrogen and oxygen atoms in total. The summed E-state index contributed by atoms with van der Waals surface area (Å²) in [4.78, 5) is 21.7. The van der Waals surface area contributed by atoms with Crippen LogP contribution in [0.2, 0.25) is 0 Å². The van der Waals surface area contributed by atoms with Gasteiger partial charge in [0.15, 0.2) is 0 Å². The zero-order chi connectivity index (χ0) is 12.1. The van der Waals surface area contributed by atoms with Crippen LogP contribution in [0.25, 0.3) is 0 Å². The van der Waals surface area contributed by atoms with Gasteiger partial charge >= 0.3 is 5.97 Å². The first-order valence-electron chi connectivity index (χ1n) is 4.54. The summed E-state index contributed by atoms with van der Waals surface area (Å²) in [5.74, 6) is -1.94. The molecule has 16 heavy (non-hydrogen) atoms. The van der Waals surface area contributed by atoms with Crippen molar-refractivity contribution in [3.8, 4) is 5.75 Å². The predicted octanol–water partition coefficient (Wildman–Crippen LogP) is 1.60. The number of rotatable bonds is 3. The van der Waals surface area contributed by atoms with Gasteiger partial charge in [-0.05, 0) is 25.1 Å². The molecule has 1 amide bonds. The summed E-state index contributed by atoms with van der Waals surface area (Å²) in [5.41, 5.74) is 0.134. The highest BCUT2D eigenvalue weighted by molar-refractivity contribution is 6.00. The van der Waals surface area contributed by atoms with Gasteiger partial charge in [0.1, 0.15) is 11.3 Å². The Balaban J connectivity index is 2.89. The molecule has 0 fully saturated rings. The zero-order valence-corrected chi connectivity index (χ0v) is 8.60. The fourth-order valence-electron chi connectivity index (χ4n) is 1.13. The van der Waals surface area contributed by atoms with Crippen molar-refractivity contribution in [2.45, 2.75) is 6.92 Å². The van der Waals surface area contributed by atoms with Crippen LogP contribution in [0.1, 0.15) is 17.3 Å². The number of carbonyl (C=O) groups is 2. The van der Waals surface area contributed by atoms with E-state index >= 15 is 0 Å². The number of benzene rings is 1. The van der Waals surface area contributed by atoms with Crippen molar-refractivity contribution in [1.29, 1.82) is 0 Å². The Bertz CT molecular complexity index is 451. The minimum Gasteiger partial charge on any atom is -0.507 e. The second kappa shape index (κ2) is 4.97. The van der Waals surface area contributed by atoms with Gasteiger partial charge in [0.2, 0.25) is 5.91 Å². The molecule has 0 aromatic heterocycles. The summed E-state index contributed by atoms with van der Waals surface area (Å²) >= 11 is 0. The lowest BCUT2D eigenvalue weighted by Gasteiger charge is -2.04. The number of carbonyl (C=O) groups excluding carboxylic acids is 1. The molecule has 0 spiro atoms. The molecule has 0 radical (unpaired) electrons. The summed E-state index contributed by atoms with van der Waals surface area (Å²) in [6.07, 6.45) is 2.89. The van der Waals surface area contributed by atoms with Crippen molar-refractivity contribution >= 4 is 17.6 Å². The minimum atomic E-state index is -1.22. The van der Waals surface area contributed by atoms with Crippen molar-refractivity contribution in [2.75, 3.05) is 5.32 Å². The van der Waals surface area contributed by atoms with Crippen LogP contribution >= 0.6 is 0 Å². The summed E-state index contributed by atoms with van der Waals surface area (Å²) < 4.78 is 0. The maximum absolute atomic E-state index is 11.1. The van der Waals surface area contributed by atoms with Crippen LogP contribution in [0, 0.1) is 0 Å². The van der Waals surface area contributed by atoms with Crippen molar-refractivity contribution < 1.29 is 19.8 Å². The third-order valence-corrected chi connectivity index (χ3v) is 1.81. The number of anilines is 1. The van der Waals surface area contributed by atoms with Crippen molar-refractivity contribution in [3.05, 3.63) is 35.9 Å². The molecule has 1 aromatic carbocycles. The Morgan fingerprint density at radius 2 is 2.06 bits per heavy atom. The minimum absolute atomic E-state index is 0.205. The SMILES string of the molecule is CC=CC(=O)Nc1ccc(C(=O)O)c(O)c1. The number of allylic oxidation sites excluding steroid dienone is 1. The number of hydrogen-bond acceptors (Lipinski definition) is 3. The van der Waals surface area contributed by atoms with Crippen LogP contribution in [0.15, 0.2) is 30.4 Å². The molecule has 0 saturated carbocycles. The van der Waals surface area contributed by atoms with E-state index in [-0.39, 0.29) is 17.2 Å². The van der Waals surface area contributed by atoms with Crippen LogP contribution in [0.3, 0.4) is 0 Å². The smallest absolute Gasteiger partial charge is 0.339 e. The number of amides is 1. The largest absolute Gasteiger partial charge is 0.507 e. The van der Waals surface area contributed by atoms with Crippen LogP contribution in [0.5, 0.6) is 5.75 Å². The van der Waals surface area contributed by atoms with Gasteiger partial charge in [-0.1, -0.05) is 6.08 Å². The number of aromatic carboxylic acids is 1. The third-order valence-electron chi connectivity index (χ3n) is 1.81. The lowest BCUT2D eigenvalue weighted by atomic mass is 10.2. The summed E-state index contributed by atoms with van der Waals surface area (Å²) in [6.45, 7) is 1.70. The molecular weight excluding hydrogens is 210 g/mol. The lowest BCUT2D eigenvalue weighted by molar-refractivity contribution is -0.111. The molecule has 0 aliphatic carbocycles. The van der Waals surface area contributed by atoms with Crippen molar-refractivity contribution in [1.82, 2.24) is 0 Å². The van der Waals surface area contributed by atoms with E-state index < -0.39 is 5.97 Å². The number of phenols is 1. The fourth-order valence-corrected chi connectivity index (χ4v) is 1.13. The molecule has 0 unspecified atom stereocenters. The van der Waals surface area contributed by atoms with E-state index in [0.717, 1.165) is 0 Å². The topological polar surface area (TPSA) is 86.6 Å². The monoisotopic (exact) mass is 221 g/mol. The third kappa shape index (κ3) is 2.84. The van der Waals surface area contributed by atoms with Gasteiger partial charge in [-0.25, -0.2) is 4.79 Å². The van der Waals surface area contributed by atoms with E-state index in [4.69, 9.17) is 5.11 Å². The first kappa shape index (κ1) is 11.8. The van der Waals surface area contributed by atoms with E-state index in [9.17, 15) is 14.7 Å². The highest BCUT2D eigenvalue weighted by Gasteiger charge is 2.09. The Morgan fingerprint density at radius 1 is 1.38 bits per heavy atom. The second-order valence-electron chi connectivity index (χ2n) is 3.03. The van der Waals surface area contributed by atoms with E-state index in [1.807, 2.05) is 0 Å². The van der Waals surface area contributed by atoms with Crippen molar-refractivity contribution in [2.24, 2.45) is 0 Å². The van der Waals surface area contributed by atoms with E-state index in [0.29, 0.717) is 5.69 Å². The zero-order valence-electron chi connectivity index (χ0n) is 8.60. The molecule has 0 heterocycles. The number of aromatic hydroxyl groups is 1. The first-order chi connectivity index (χ1) is 7.54. The van der Waals surface area contributed by atoms with Crippen LogP contribution in [-0.4, -0.2) is 22.1 Å². The van der Waals surface area contributed by atoms with E-state index in [1.54, 1.807) is 13.0 Å². The van der Waals surface area contributed by atoms with Crippen LogP contribution < -0.4 is 5.32 Å².